The molecule has 5 N–H and O–H groups in total. The first-order chi connectivity index (χ1) is 14.2. The molecule has 0 spiro atoms. The number of aliphatic hydroxyl groups excluding tert-OH is 1. The fourth-order valence-corrected chi connectivity index (χ4v) is 3.37. The molecule has 154 valence electrons. The monoisotopic (exact) mass is 412 g/mol. The zero-order valence-electron chi connectivity index (χ0n) is 15.5. The van der Waals surface area contributed by atoms with E-state index < -0.39 is 34.5 Å². The molecule has 3 aromatic rings. The van der Waals surface area contributed by atoms with Gasteiger partial charge >= 0.3 is 0 Å². The Labute approximate surface area is 168 Å². The summed E-state index contributed by atoms with van der Waals surface area (Å²) >= 11 is 0. The summed E-state index contributed by atoms with van der Waals surface area (Å²) in [5.41, 5.74) is -0.536. The first-order valence-electron chi connectivity index (χ1n) is 8.82. The van der Waals surface area contributed by atoms with Crippen molar-refractivity contribution in [2.45, 2.75) is 19.4 Å². The Morgan fingerprint density at radius 1 is 1.10 bits per heavy atom. The van der Waals surface area contributed by atoms with Gasteiger partial charge in [-0.05, 0) is 25.1 Å². The van der Waals surface area contributed by atoms with Crippen LogP contribution in [-0.4, -0.2) is 37.4 Å². The third kappa shape index (κ3) is 2.96. The van der Waals surface area contributed by atoms with Gasteiger partial charge in [-0.3, -0.25) is 9.59 Å². The molecule has 1 atom stereocenters. The SMILES string of the molecule is CC(=O)/C=C(\O)C1Cc2c(cc(O)c3c(=O)c(O)c(-c4ccc(O)c(O)c4)oc23)O1. The van der Waals surface area contributed by atoms with Gasteiger partial charge < -0.3 is 34.7 Å². The van der Waals surface area contributed by atoms with Crippen molar-refractivity contribution in [1.82, 2.24) is 0 Å². The number of allylic oxidation sites excluding steroid dienone is 1. The zero-order valence-corrected chi connectivity index (χ0v) is 15.5. The fourth-order valence-electron chi connectivity index (χ4n) is 3.37. The lowest BCUT2D eigenvalue weighted by Crippen LogP contribution is -2.16. The zero-order chi connectivity index (χ0) is 21.7. The second-order valence-corrected chi connectivity index (χ2v) is 6.88. The Morgan fingerprint density at radius 3 is 2.50 bits per heavy atom. The molecule has 0 bridgehead atoms. The number of aromatic hydroxyl groups is 4. The lowest BCUT2D eigenvalue weighted by atomic mass is 10.0. The summed E-state index contributed by atoms with van der Waals surface area (Å²) in [5.74, 6) is -3.03. The summed E-state index contributed by atoms with van der Waals surface area (Å²) in [6, 6.07) is 4.75. The maximum Gasteiger partial charge on any atom is 0.238 e. The van der Waals surface area contributed by atoms with E-state index in [1.54, 1.807) is 0 Å². The molecule has 1 unspecified atom stereocenters. The number of phenolic OH excluding ortho intramolecular Hbond substituents is 3. The molecule has 1 aromatic heterocycles. The van der Waals surface area contributed by atoms with Gasteiger partial charge in [0.05, 0.1) is 0 Å². The maximum absolute atomic E-state index is 12.7. The Bertz CT molecular complexity index is 1300. The van der Waals surface area contributed by atoms with Crippen molar-refractivity contribution < 1.29 is 39.5 Å². The normalized spacial score (nSPS) is 15.8. The van der Waals surface area contributed by atoms with E-state index in [-0.39, 0.29) is 46.0 Å². The third-order valence-corrected chi connectivity index (χ3v) is 4.76. The van der Waals surface area contributed by atoms with Gasteiger partial charge in [-0.2, -0.15) is 0 Å². The number of carbonyl (C=O) groups excluding carboxylic acids is 1. The molecule has 0 aliphatic carbocycles. The fraction of sp³-hybridized carbons (Fsp3) is 0.143. The van der Waals surface area contributed by atoms with Gasteiger partial charge in [0.15, 0.2) is 29.1 Å². The molecule has 0 fully saturated rings. The number of hydrogen-bond donors (Lipinski definition) is 5. The molecule has 9 heteroatoms. The Morgan fingerprint density at radius 2 is 1.83 bits per heavy atom. The lowest BCUT2D eigenvalue weighted by Gasteiger charge is -2.10. The van der Waals surface area contributed by atoms with Crippen LogP contribution in [0, 0.1) is 0 Å². The summed E-state index contributed by atoms with van der Waals surface area (Å²) in [6.45, 7) is 1.26. The van der Waals surface area contributed by atoms with Gasteiger partial charge in [-0.15, -0.1) is 0 Å². The highest BCUT2D eigenvalue weighted by atomic mass is 16.5. The number of ether oxygens (including phenoxy) is 1. The standard InChI is InChI=1S/C21H16O9/c1-8(22)4-13(25)16-6-10-15(29-16)7-14(26)17-18(27)19(28)20(30-21(10)17)9-2-3-11(23)12(24)5-9/h2-5,7,16,23-26,28H,6H2,1H3/b13-4-. The van der Waals surface area contributed by atoms with Crippen molar-refractivity contribution in [3.05, 3.63) is 51.9 Å². The van der Waals surface area contributed by atoms with Crippen molar-refractivity contribution in [3.63, 3.8) is 0 Å². The molecule has 0 amide bonds. The predicted molar refractivity (Wildman–Crippen MR) is 104 cm³/mol. The molecule has 0 saturated heterocycles. The second kappa shape index (κ2) is 6.73. The van der Waals surface area contributed by atoms with Crippen LogP contribution in [0.1, 0.15) is 12.5 Å². The minimum absolute atomic E-state index is 0.0374. The summed E-state index contributed by atoms with van der Waals surface area (Å²) in [6.07, 6.45) is 0.121. The van der Waals surface area contributed by atoms with E-state index in [1.165, 1.54) is 19.1 Å². The highest BCUT2D eigenvalue weighted by Crippen LogP contribution is 2.43. The van der Waals surface area contributed by atoms with Gasteiger partial charge in [0.25, 0.3) is 0 Å². The van der Waals surface area contributed by atoms with Crippen molar-refractivity contribution in [2.24, 2.45) is 0 Å². The number of rotatable bonds is 3. The smallest absolute Gasteiger partial charge is 0.238 e. The number of carbonyl (C=O) groups is 1. The van der Waals surface area contributed by atoms with Crippen LogP contribution in [0.2, 0.25) is 0 Å². The Balaban J connectivity index is 1.94. The van der Waals surface area contributed by atoms with Gasteiger partial charge in [0, 0.05) is 29.7 Å². The van der Waals surface area contributed by atoms with E-state index in [1.807, 2.05) is 0 Å². The van der Waals surface area contributed by atoms with Gasteiger partial charge in [-0.1, -0.05) is 0 Å². The first kappa shape index (κ1) is 19.2. The van der Waals surface area contributed by atoms with E-state index in [4.69, 9.17) is 9.15 Å². The molecule has 1 aliphatic heterocycles. The third-order valence-electron chi connectivity index (χ3n) is 4.76. The average molecular weight is 412 g/mol. The molecular formula is C21H16O9. The second-order valence-electron chi connectivity index (χ2n) is 6.88. The van der Waals surface area contributed by atoms with Crippen molar-refractivity contribution in [3.8, 4) is 40.1 Å². The predicted octanol–water partition coefficient (Wildman–Crippen LogP) is 2.62. The molecule has 0 saturated carbocycles. The van der Waals surface area contributed by atoms with Gasteiger partial charge in [0.2, 0.25) is 11.2 Å². The van der Waals surface area contributed by atoms with Crippen LogP contribution in [0.25, 0.3) is 22.3 Å². The molecular weight excluding hydrogens is 396 g/mol. The van der Waals surface area contributed by atoms with Gasteiger partial charge in [-0.25, -0.2) is 0 Å². The summed E-state index contributed by atoms with van der Waals surface area (Å²) < 4.78 is 11.3. The molecule has 2 heterocycles. The topological polar surface area (TPSA) is 158 Å². The summed E-state index contributed by atoms with van der Waals surface area (Å²) in [4.78, 5) is 24.0. The minimum atomic E-state index is -0.922. The lowest BCUT2D eigenvalue weighted by molar-refractivity contribution is -0.112. The largest absolute Gasteiger partial charge is 0.508 e. The molecule has 1 aliphatic rings. The molecule has 30 heavy (non-hydrogen) atoms. The minimum Gasteiger partial charge on any atom is -0.508 e. The summed E-state index contributed by atoms with van der Waals surface area (Å²) in [7, 11) is 0. The molecule has 4 rings (SSSR count). The van der Waals surface area contributed by atoms with E-state index in [2.05, 4.69) is 0 Å². The van der Waals surface area contributed by atoms with Crippen LogP contribution < -0.4 is 10.2 Å². The van der Waals surface area contributed by atoms with Crippen LogP contribution >= 0.6 is 0 Å². The number of ketones is 1. The van der Waals surface area contributed by atoms with Crippen molar-refractivity contribution in [2.75, 3.05) is 0 Å². The van der Waals surface area contributed by atoms with Crippen molar-refractivity contribution >= 4 is 16.8 Å². The Hall–Kier alpha value is -4.14. The number of hydrogen-bond acceptors (Lipinski definition) is 9. The molecule has 9 nitrogen and oxygen atoms in total. The van der Waals surface area contributed by atoms with Crippen LogP contribution in [0.15, 0.2) is 45.3 Å². The Kier molecular flexibility index (Phi) is 4.30. The number of aliphatic hydroxyl groups is 1. The highest BCUT2D eigenvalue weighted by Gasteiger charge is 2.32. The van der Waals surface area contributed by atoms with Crippen LogP contribution in [-0.2, 0) is 11.2 Å². The highest BCUT2D eigenvalue weighted by molar-refractivity contribution is 5.92. The van der Waals surface area contributed by atoms with E-state index in [0.29, 0.717) is 5.56 Å². The number of benzene rings is 2. The average Bonchev–Trinajstić information content (AvgIpc) is 3.10. The van der Waals surface area contributed by atoms with Crippen LogP contribution in [0.4, 0.5) is 0 Å². The van der Waals surface area contributed by atoms with Crippen LogP contribution in [0.5, 0.6) is 28.7 Å². The van der Waals surface area contributed by atoms with E-state index in [9.17, 15) is 35.1 Å². The number of fused-ring (bicyclic) bond motifs is 3. The maximum atomic E-state index is 12.7. The van der Waals surface area contributed by atoms with Crippen LogP contribution in [0.3, 0.4) is 0 Å². The molecule has 2 aromatic carbocycles. The first-order valence-corrected chi connectivity index (χ1v) is 8.82. The molecule has 0 radical (unpaired) electrons. The summed E-state index contributed by atoms with van der Waals surface area (Å²) in [5, 5.41) is 49.7. The quantitative estimate of drug-likeness (QED) is 0.248. The van der Waals surface area contributed by atoms with E-state index in [0.717, 1.165) is 18.2 Å². The van der Waals surface area contributed by atoms with Gasteiger partial charge in [0.1, 0.15) is 28.2 Å². The van der Waals surface area contributed by atoms with Crippen molar-refractivity contribution in [1.29, 1.82) is 0 Å². The number of phenols is 3. The van der Waals surface area contributed by atoms with E-state index >= 15 is 0 Å².